The number of ether oxygens (including phenoxy) is 3. The van der Waals surface area contributed by atoms with Gasteiger partial charge >= 0.3 is 17.9 Å². The number of carbonyl (C=O) groups is 3. The fraction of sp³-hybridized carbons (Fsp3) is 0.878. The van der Waals surface area contributed by atoms with E-state index in [2.05, 4.69) is 57.2 Å². The van der Waals surface area contributed by atoms with E-state index in [0.717, 1.165) is 70.6 Å². The Morgan fingerprint density at radius 2 is 0.450 bits per heavy atom. The fourth-order valence-corrected chi connectivity index (χ4v) is 10.9. The second-order valence-corrected chi connectivity index (χ2v) is 24.5. The zero-order chi connectivity index (χ0) is 57.8. The molecule has 0 amide bonds. The van der Waals surface area contributed by atoms with Crippen LogP contribution in [0.25, 0.3) is 0 Å². The molecule has 0 aliphatic carbocycles. The molecule has 0 N–H and O–H groups in total. The van der Waals surface area contributed by atoms with E-state index in [1.54, 1.807) is 0 Å². The van der Waals surface area contributed by atoms with Crippen LogP contribution in [0.5, 0.6) is 0 Å². The third-order valence-electron chi connectivity index (χ3n) is 16.4. The highest BCUT2D eigenvalue weighted by Gasteiger charge is 2.19. The molecule has 0 saturated carbocycles. The fourth-order valence-electron chi connectivity index (χ4n) is 10.9. The van der Waals surface area contributed by atoms with Gasteiger partial charge in [0.05, 0.1) is 0 Å². The first-order chi connectivity index (χ1) is 39.5. The van der Waals surface area contributed by atoms with Crippen molar-refractivity contribution in [3.05, 3.63) is 36.5 Å². The Morgan fingerprint density at radius 1 is 0.250 bits per heavy atom. The lowest BCUT2D eigenvalue weighted by molar-refractivity contribution is -0.167. The maximum absolute atomic E-state index is 12.9. The molecule has 0 spiro atoms. The second kappa shape index (κ2) is 69.1. The summed E-state index contributed by atoms with van der Waals surface area (Å²) in [4.78, 5) is 38.4. The summed E-state index contributed by atoms with van der Waals surface area (Å²) >= 11 is 0. The van der Waals surface area contributed by atoms with Crippen LogP contribution in [0.2, 0.25) is 0 Å². The van der Waals surface area contributed by atoms with Gasteiger partial charge in [-0.2, -0.15) is 0 Å². The van der Waals surface area contributed by atoms with Gasteiger partial charge in [-0.25, -0.2) is 0 Å². The van der Waals surface area contributed by atoms with Gasteiger partial charge in [0, 0.05) is 19.3 Å². The Balaban J connectivity index is 4.16. The summed E-state index contributed by atoms with van der Waals surface area (Å²) in [5.41, 5.74) is 0. The molecule has 6 heteroatoms. The zero-order valence-electron chi connectivity index (χ0n) is 54.1. The minimum atomic E-state index is -0.777. The number of unbranched alkanes of at least 4 members (excludes halogenated alkanes) is 50. The first kappa shape index (κ1) is 77.6. The van der Waals surface area contributed by atoms with Crippen molar-refractivity contribution in [3.63, 3.8) is 0 Å². The Morgan fingerprint density at radius 3 is 0.738 bits per heavy atom. The van der Waals surface area contributed by atoms with Crippen LogP contribution in [0.3, 0.4) is 0 Å². The van der Waals surface area contributed by atoms with Crippen LogP contribution in [-0.4, -0.2) is 37.2 Å². The monoisotopic (exact) mass is 1120 g/mol. The second-order valence-electron chi connectivity index (χ2n) is 24.5. The SMILES string of the molecule is CCCCC/C=C\C/C=C\CCCCCCCCCCCC(=O)OC(COC(=O)CCCCCCC/C=C\CCCCCC)COC(=O)CCCCCCCCCCCCCCCCCCCCCCCCCCCCCCCC. The Bertz CT molecular complexity index is 1340. The van der Waals surface area contributed by atoms with Crippen molar-refractivity contribution in [2.24, 2.45) is 0 Å². The Hall–Kier alpha value is -2.37. The quantitative estimate of drug-likeness (QED) is 0.0261. The first-order valence-electron chi connectivity index (χ1n) is 36.0. The Labute approximate surface area is 499 Å². The van der Waals surface area contributed by atoms with E-state index in [1.165, 1.54) is 289 Å². The van der Waals surface area contributed by atoms with Crippen molar-refractivity contribution in [2.45, 2.75) is 406 Å². The highest BCUT2D eigenvalue weighted by atomic mass is 16.6. The number of allylic oxidation sites excluding steroid dienone is 6. The van der Waals surface area contributed by atoms with Crippen molar-refractivity contribution in [3.8, 4) is 0 Å². The number of hydrogen-bond donors (Lipinski definition) is 0. The molecule has 470 valence electrons. The van der Waals surface area contributed by atoms with E-state index in [9.17, 15) is 14.4 Å². The number of rotatable bonds is 67. The summed E-state index contributed by atoms with van der Waals surface area (Å²) in [5.74, 6) is -0.859. The lowest BCUT2D eigenvalue weighted by Crippen LogP contribution is -2.30. The highest BCUT2D eigenvalue weighted by molar-refractivity contribution is 5.71. The van der Waals surface area contributed by atoms with Crippen LogP contribution in [0, 0.1) is 0 Å². The van der Waals surface area contributed by atoms with Crippen LogP contribution in [0.1, 0.15) is 400 Å². The van der Waals surface area contributed by atoms with Gasteiger partial charge in [0.1, 0.15) is 13.2 Å². The standard InChI is InChI=1S/C74H138O6/c1-4-7-10-13-16-19-22-25-27-29-31-32-33-34-35-36-37-38-39-40-41-43-44-46-49-52-55-58-61-64-67-73(76)79-70-71(69-78-72(75)66-63-60-57-54-51-48-24-21-18-15-12-9-6-3)80-74(77)68-65-62-59-56-53-50-47-45-42-30-28-26-23-20-17-14-11-8-5-2/h17,20-21,24,26,28,71H,4-16,18-19,22-23,25,27,29-70H2,1-3H3/b20-17-,24-21-,28-26-. The van der Waals surface area contributed by atoms with Crippen LogP contribution >= 0.6 is 0 Å². The molecule has 0 aromatic heterocycles. The van der Waals surface area contributed by atoms with Crippen LogP contribution in [0.15, 0.2) is 36.5 Å². The summed E-state index contributed by atoms with van der Waals surface area (Å²) in [5, 5.41) is 0. The molecule has 1 unspecified atom stereocenters. The van der Waals surface area contributed by atoms with Gasteiger partial charge in [0.25, 0.3) is 0 Å². The predicted octanol–water partition coefficient (Wildman–Crippen LogP) is 24.7. The summed E-state index contributed by atoms with van der Waals surface area (Å²) in [6.07, 6.45) is 86.2. The van der Waals surface area contributed by atoms with Crippen molar-refractivity contribution in [1.82, 2.24) is 0 Å². The normalized spacial score (nSPS) is 12.2. The molecular formula is C74H138O6. The highest BCUT2D eigenvalue weighted by Crippen LogP contribution is 2.19. The van der Waals surface area contributed by atoms with Crippen molar-refractivity contribution < 1.29 is 28.6 Å². The van der Waals surface area contributed by atoms with Gasteiger partial charge in [-0.15, -0.1) is 0 Å². The predicted molar refractivity (Wildman–Crippen MR) is 349 cm³/mol. The molecule has 0 fully saturated rings. The Kier molecular flexibility index (Phi) is 67.1. The van der Waals surface area contributed by atoms with E-state index in [-0.39, 0.29) is 31.1 Å². The molecule has 0 aromatic carbocycles. The first-order valence-corrected chi connectivity index (χ1v) is 36.0. The smallest absolute Gasteiger partial charge is 0.306 e. The number of hydrogen-bond acceptors (Lipinski definition) is 6. The number of carbonyl (C=O) groups excluding carboxylic acids is 3. The van der Waals surface area contributed by atoms with Crippen LogP contribution in [-0.2, 0) is 28.6 Å². The molecule has 0 aliphatic heterocycles. The minimum Gasteiger partial charge on any atom is -0.462 e. The molecule has 0 aromatic rings. The lowest BCUT2D eigenvalue weighted by atomic mass is 10.0. The van der Waals surface area contributed by atoms with Crippen LogP contribution < -0.4 is 0 Å². The molecule has 0 rings (SSSR count). The molecule has 0 radical (unpaired) electrons. The van der Waals surface area contributed by atoms with Crippen molar-refractivity contribution in [1.29, 1.82) is 0 Å². The van der Waals surface area contributed by atoms with Gasteiger partial charge in [-0.1, -0.05) is 340 Å². The zero-order valence-corrected chi connectivity index (χ0v) is 54.1. The molecule has 0 aliphatic rings. The molecule has 0 heterocycles. The molecular weight excluding hydrogens is 985 g/mol. The van der Waals surface area contributed by atoms with E-state index in [0.29, 0.717) is 19.3 Å². The molecule has 1 atom stereocenters. The van der Waals surface area contributed by atoms with E-state index < -0.39 is 6.10 Å². The molecule has 0 saturated heterocycles. The third-order valence-corrected chi connectivity index (χ3v) is 16.4. The summed E-state index contributed by atoms with van der Waals surface area (Å²) < 4.78 is 17.0. The average molecular weight is 1120 g/mol. The maximum Gasteiger partial charge on any atom is 0.306 e. The maximum atomic E-state index is 12.9. The average Bonchev–Trinajstić information content (AvgIpc) is 3.46. The van der Waals surface area contributed by atoms with Gasteiger partial charge < -0.3 is 14.2 Å². The topological polar surface area (TPSA) is 78.9 Å². The lowest BCUT2D eigenvalue weighted by Gasteiger charge is -2.18. The van der Waals surface area contributed by atoms with Crippen molar-refractivity contribution >= 4 is 17.9 Å². The van der Waals surface area contributed by atoms with E-state index in [4.69, 9.17) is 14.2 Å². The van der Waals surface area contributed by atoms with Crippen LogP contribution in [0.4, 0.5) is 0 Å². The summed E-state index contributed by atoms with van der Waals surface area (Å²) in [7, 11) is 0. The van der Waals surface area contributed by atoms with E-state index in [1.807, 2.05) is 0 Å². The van der Waals surface area contributed by atoms with E-state index >= 15 is 0 Å². The summed E-state index contributed by atoms with van der Waals surface area (Å²) in [6, 6.07) is 0. The van der Waals surface area contributed by atoms with Gasteiger partial charge in [-0.05, 0) is 77.0 Å². The molecule has 6 nitrogen and oxygen atoms in total. The molecule has 80 heavy (non-hydrogen) atoms. The molecule has 0 bridgehead atoms. The number of esters is 3. The van der Waals surface area contributed by atoms with Crippen molar-refractivity contribution in [2.75, 3.05) is 13.2 Å². The van der Waals surface area contributed by atoms with Gasteiger partial charge in [0.2, 0.25) is 0 Å². The van der Waals surface area contributed by atoms with Gasteiger partial charge in [0.15, 0.2) is 6.10 Å². The van der Waals surface area contributed by atoms with Gasteiger partial charge in [-0.3, -0.25) is 14.4 Å². The largest absolute Gasteiger partial charge is 0.462 e. The minimum absolute atomic E-state index is 0.0720. The third kappa shape index (κ3) is 66.4. The summed E-state index contributed by atoms with van der Waals surface area (Å²) in [6.45, 7) is 6.66.